The van der Waals surface area contributed by atoms with Gasteiger partial charge in [0.05, 0.1) is 0 Å². The average molecular weight is 563 g/mol. The third-order valence-electron chi connectivity index (χ3n) is 3.74. The number of hydrogen-bond donors (Lipinski definition) is 0. The molecule has 0 spiro atoms. The van der Waals surface area contributed by atoms with Crippen LogP contribution in [0.1, 0.15) is 0 Å². The summed E-state index contributed by atoms with van der Waals surface area (Å²) < 4.78 is 23.2. The predicted octanol–water partition coefficient (Wildman–Crippen LogP) is 5.56. The van der Waals surface area contributed by atoms with Crippen molar-refractivity contribution in [2.24, 2.45) is 0 Å². The Morgan fingerprint density at radius 1 is 0.448 bits per heavy atom. The van der Waals surface area contributed by atoms with Crippen molar-refractivity contribution in [3.05, 3.63) is 84.9 Å². The Balaban J connectivity index is 0.00000205. The van der Waals surface area contributed by atoms with Crippen LogP contribution in [-0.2, 0) is 21.1 Å². The van der Waals surface area contributed by atoms with Gasteiger partial charge in [0.25, 0.3) is 0 Å². The first kappa shape index (κ1) is 19.0. The summed E-state index contributed by atoms with van der Waals surface area (Å²) in [6.07, 6.45) is 0. The van der Waals surface area contributed by atoms with E-state index in [-0.39, 0.29) is 21.1 Å². The van der Waals surface area contributed by atoms with Crippen molar-refractivity contribution in [2.75, 3.05) is 0 Å². The molecule has 7 heteroatoms. The monoisotopic (exact) mass is 563 g/mol. The van der Waals surface area contributed by atoms with Crippen molar-refractivity contribution in [2.45, 2.75) is 0 Å². The second-order valence-corrected chi connectivity index (χ2v) is 5.79. The fourth-order valence-electron chi connectivity index (χ4n) is 2.56. The Morgan fingerprint density at radius 3 is 1.24 bits per heavy atom. The average Bonchev–Trinajstić information content (AvgIpc) is 2.69. The second kappa shape index (κ2) is 8.33. The van der Waals surface area contributed by atoms with Crippen LogP contribution in [0.15, 0.2) is 72.8 Å². The number of nitrogens with zero attached hydrogens (tertiary/aromatic N) is 2. The van der Waals surface area contributed by atoms with Crippen LogP contribution in [0.4, 0.5) is 0 Å². The van der Waals surface area contributed by atoms with Crippen LogP contribution in [0.3, 0.4) is 0 Å². The topological polar surface area (TPSA) is 62.7 Å². The van der Waals surface area contributed by atoms with Crippen LogP contribution in [-0.4, -0.2) is 9.97 Å². The smallest absolute Gasteiger partial charge is 0.509 e. The Kier molecular flexibility index (Phi) is 5.45. The summed E-state index contributed by atoms with van der Waals surface area (Å²) in [6, 6.07) is 27.2. The number of fused-ring (bicyclic) bond motifs is 8. The van der Waals surface area contributed by atoms with Crippen molar-refractivity contribution >= 4 is 0 Å². The number of pyridine rings is 2. The van der Waals surface area contributed by atoms with Crippen molar-refractivity contribution in [3.63, 3.8) is 0 Å². The molecular formula is C22H12N2O4Pt. The van der Waals surface area contributed by atoms with Crippen LogP contribution in [0, 0.1) is 12.1 Å². The van der Waals surface area contributed by atoms with Gasteiger partial charge < -0.3 is 18.9 Å². The molecule has 29 heavy (non-hydrogen) atoms. The number of rotatable bonds is 0. The summed E-state index contributed by atoms with van der Waals surface area (Å²) >= 11 is 0. The van der Waals surface area contributed by atoms with Crippen molar-refractivity contribution in [1.29, 1.82) is 0 Å². The zero-order valence-electron chi connectivity index (χ0n) is 14.8. The molecule has 2 aromatic carbocycles. The summed E-state index contributed by atoms with van der Waals surface area (Å²) in [5, 5.41) is 0. The van der Waals surface area contributed by atoms with Gasteiger partial charge in [0.2, 0.25) is 23.5 Å². The summed E-state index contributed by atoms with van der Waals surface area (Å²) in [7, 11) is 0. The van der Waals surface area contributed by atoms with Gasteiger partial charge in [-0.1, -0.05) is 24.3 Å². The molecule has 4 aromatic rings. The largest absolute Gasteiger partial charge is 2.00 e. The molecule has 0 N–H and O–H groups in total. The normalized spacial score (nSPS) is 11.6. The predicted molar refractivity (Wildman–Crippen MR) is 99.3 cm³/mol. The molecular weight excluding hydrogens is 551 g/mol. The summed E-state index contributed by atoms with van der Waals surface area (Å²) in [4.78, 5) is 8.68. The molecule has 1 aliphatic rings. The maximum Gasteiger partial charge on any atom is 2.00 e. The zero-order chi connectivity index (χ0) is 18.8. The van der Waals surface area contributed by atoms with Crippen LogP contribution in [0.5, 0.6) is 46.5 Å². The van der Waals surface area contributed by atoms with E-state index >= 15 is 0 Å². The van der Waals surface area contributed by atoms with Crippen molar-refractivity contribution in [1.82, 2.24) is 9.97 Å². The first-order chi connectivity index (χ1) is 13.8. The van der Waals surface area contributed by atoms with Crippen molar-refractivity contribution < 1.29 is 40.0 Å². The zero-order valence-corrected chi connectivity index (χ0v) is 17.0. The van der Waals surface area contributed by atoms with E-state index < -0.39 is 0 Å². The molecule has 0 amide bonds. The molecule has 0 unspecified atom stereocenters. The maximum absolute atomic E-state index is 5.83. The van der Waals surface area contributed by atoms with Gasteiger partial charge in [0.1, 0.15) is 0 Å². The quantitative estimate of drug-likeness (QED) is 0.230. The second-order valence-electron chi connectivity index (χ2n) is 5.79. The minimum absolute atomic E-state index is 0. The van der Waals surface area contributed by atoms with Crippen LogP contribution >= 0.6 is 0 Å². The number of ether oxygens (including phenoxy) is 4. The van der Waals surface area contributed by atoms with E-state index in [0.717, 1.165) is 0 Å². The molecule has 0 radical (unpaired) electrons. The van der Waals surface area contributed by atoms with Gasteiger partial charge in [0.15, 0.2) is 0 Å². The number of aromatic nitrogens is 2. The van der Waals surface area contributed by atoms with E-state index in [0.29, 0.717) is 46.5 Å². The molecule has 3 heterocycles. The van der Waals surface area contributed by atoms with Gasteiger partial charge in [-0.2, -0.15) is 22.1 Å². The van der Waals surface area contributed by atoms with E-state index in [1.165, 1.54) is 0 Å². The van der Waals surface area contributed by atoms with E-state index in [4.69, 9.17) is 18.9 Å². The molecule has 0 fully saturated rings. The van der Waals surface area contributed by atoms with Gasteiger partial charge in [0, 0.05) is 47.3 Å². The van der Waals surface area contributed by atoms with E-state index in [1.807, 2.05) is 0 Å². The minimum atomic E-state index is 0. The molecule has 0 atom stereocenters. The van der Waals surface area contributed by atoms with E-state index in [1.54, 1.807) is 72.8 Å². The minimum Gasteiger partial charge on any atom is -0.509 e. The Hall–Kier alpha value is -3.37. The van der Waals surface area contributed by atoms with Gasteiger partial charge in [-0.15, -0.1) is 24.3 Å². The third kappa shape index (κ3) is 4.55. The molecule has 144 valence electrons. The standard InChI is InChI=1S/C22H12N2O4.Pt/c1-5-15-13-17(7-1)26-19-9-3-11-21(23-19)28-22-12-4-10-20(24-22)27-18-8-2-6-16(14-18)25-15;/h1-12H;/q-2;+2. The van der Waals surface area contributed by atoms with Crippen LogP contribution in [0.2, 0.25) is 0 Å². The molecule has 8 bridgehead atoms. The van der Waals surface area contributed by atoms with Gasteiger partial charge in [-0.05, 0) is 0 Å². The first-order valence-electron chi connectivity index (χ1n) is 8.50. The van der Waals surface area contributed by atoms with Gasteiger partial charge in [-0.25, -0.2) is 0 Å². The number of hydrogen-bond acceptors (Lipinski definition) is 6. The fraction of sp³-hybridized carbons (Fsp3) is 0. The molecule has 6 nitrogen and oxygen atoms in total. The number of benzene rings is 2. The Morgan fingerprint density at radius 2 is 0.793 bits per heavy atom. The van der Waals surface area contributed by atoms with Crippen LogP contribution in [0.25, 0.3) is 0 Å². The Bertz CT molecular complexity index is 902. The molecule has 5 rings (SSSR count). The first-order valence-corrected chi connectivity index (χ1v) is 8.50. The molecule has 0 saturated heterocycles. The summed E-state index contributed by atoms with van der Waals surface area (Å²) in [5.41, 5.74) is 0. The summed E-state index contributed by atoms with van der Waals surface area (Å²) in [5.74, 6) is 3.28. The Labute approximate surface area is 181 Å². The van der Waals surface area contributed by atoms with E-state index in [2.05, 4.69) is 22.1 Å². The fourth-order valence-corrected chi connectivity index (χ4v) is 2.56. The SMILES string of the molecule is [Pt+2].[c-]1c2cccc1Oc1cccc(n1)Oc1cccc(n1)Oc1[c-]c(ccc1)O2. The maximum atomic E-state index is 5.83. The molecule has 1 aliphatic heterocycles. The van der Waals surface area contributed by atoms with Crippen LogP contribution < -0.4 is 18.9 Å². The molecule has 0 saturated carbocycles. The molecule has 0 aliphatic carbocycles. The van der Waals surface area contributed by atoms with Gasteiger partial charge in [-0.3, -0.25) is 0 Å². The third-order valence-corrected chi connectivity index (χ3v) is 3.74. The summed E-state index contributed by atoms with van der Waals surface area (Å²) in [6.45, 7) is 0. The molecule has 2 aromatic heterocycles. The van der Waals surface area contributed by atoms with E-state index in [9.17, 15) is 0 Å². The van der Waals surface area contributed by atoms with Crippen molar-refractivity contribution in [3.8, 4) is 46.5 Å². The van der Waals surface area contributed by atoms with Gasteiger partial charge >= 0.3 is 21.1 Å².